The van der Waals surface area contributed by atoms with Crippen LogP contribution in [-0.2, 0) is 4.79 Å². The van der Waals surface area contributed by atoms with E-state index in [-0.39, 0.29) is 18.6 Å². The Morgan fingerprint density at radius 1 is 1.82 bits per heavy atom. The van der Waals surface area contributed by atoms with Crippen LogP contribution >= 0.6 is 0 Å². The Labute approximate surface area is 66.2 Å². The molecule has 4 heteroatoms. The maximum atomic E-state index is 11.1. The molecule has 64 valence electrons. The molecule has 2 N–H and O–H groups in total. The minimum atomic E-state index is 0.0626. The Balaban J connectivity index is 2.44. The van der Waals surface area contributed by atoms with Gasteiger partial charge in [0.2, 0.25) is 5.91 Å². The van der Waals surface area contributed by atoms with Crippen molar-refractivity contribution in [2.24, 2.45) is 0 Å². The van der Waals surface area contributed by atoms with Crippen LogP contribution in [0.5, 0.6) is 0 Å². The van der Waals surface area contributed by atoms with Crippen molar-refractivity contribution in [1.82, 2.24) is 10.2 Å². The molecule has 4 nitrogen and oxygen atoms in total. The molecule has 11 heavy (non-hydrogen) atoms. The highest BCUT2D eigenvalue weighted by Gasteiger charge is 2.22. The maximum Gasteiger partial charge on any atom is 0.236 e. The number of hydrogen-bond donors (Lipinski definition) is 2. The van der Waals surface area contributed by atoms with Crippen LogP contribution in [0.4, 0.5) is 0 Å². The number of hydrogen-bond acceptors (Lipinski definition) is 3. The predicted octanol–water partition coefficient (Wildman–Crippen LogP) is -1.20. The second-order valence-corrected chi connectivity index (χ2v) is 2.69. The Morgan fingerprint density at radius 3 is 3.09 bits per heavy atom. The Kier molecular flexibility index (Phi) is 2.84. The van der Waals surface area contributed by atoms with E-state index in [1.165, 1.54) is 0 Å². The van der Waals surface area contributed by atoms with E-state index >= 15 is 0 Å². The number of carbonyl (C=O) groups excluding carboxylic acids is 1. The van der Waals surface area contributed by atoms with E-state index < -0.39 is 0 Å². The van der Waals surface area contributed by atoms with E-state index in [9.17, 15) is 4.79 Å². The number of rotatable bonds is 2. The molecule has 1 amide bonds. The van der Waals surface area contributed by atoms with Gasteiger partial charge in [0.25, 0.3) is 0 Å². The predicted molar refractivity (Wildman–Crippen MR) is 41.1 cm³/mol. The molecule has 1 rings (SSSR count). The smallest absolute Gasteiger partial charge is 0.236 e. The van der Waals surface area contributed by atoms with Crippen molar-refractivity contribution in [3.8, 4) is 0 Å². The van der Waals surface area contributed by atoms with Gasteiger partial charge in [-0.3, -0.25) is 4.79 Å². The number of likely N-dealkylation sites (N-methyl/N-ethyl adjacent to an activating group) is 1. The van der Waals surface area contributed by atoms with Crippen LogP contribution in [0.25, 0.3) is 0 Å². The highest BCUT2D eigenvalue weighted by Crippen LogP contribution is 1.98. The monoisotopic (exact) mass is 158 g/mol. The lowest BCUT2D eigenvalue weighted by molar-refractivity contribution is -0.133. The first-order valence-electron chi connectivity index (χ1n) is 3.90. The molecule has 0 aliphatic carbocycles. The highest BCUT2D eigenvalue weighted by atomic mass is 16.3. The van der Waals surface area contributed by atoms with Crippen molar-refractivity contribution in [2.45, 2.75) is 13.0 Å². The van der Waals surface area contributed by atoms with Crippen molar-refractivity contribution in [2.75, 3.05) is 26.2 Å². The first kappa shape index (κ1) is 8.49. The fourth-order valence-corrected chi connectivity index (χ4v) is 1.20. The number of piperazine rings is 1. The lowest BCUT2D eigenvalue weighted by atomic mass is 10.2. The first-order chi connectivity index (χ1) is 5.27. The molecule has 0 bridgehead atoms. The molecule has 1 aliphatic heterocycles. The van der Waals surface area contributed by atoms with Crippen LogP contribution in [0.15, 0.2) is 0 Å². The zero-order valence-electron chi connectivity index (χ0n) is 6.71. The van der Waals surface area contributed by atoms with Crippen LogP contribution in [0.2, 0.25) is 0 Å². The average molecular weight is 158 g/mol. The van der Waals surface area contributed by atoms with Crippen molar-refractivity contribution < 1.29 is 9.90 Å². The quantitative estimate of drug-likeness (QED) is 0.530. The van der Waals surface area contributed by atoms with Gasteiger partial charge in [-0.25, -0.2) is 0 Å². The normalized spacial score (nSPS) is 25.8. The van der Waals surface area contributed by atoms with Gasteiger partial charge in [-0.15, -0.1) is 0 Å². The van der Waals surface area contributed by atoms with Crippen molar-refractivity contribution in [1.29, 1.82) is 0 Å². The molecular weight excluding hydrogens is 144 g/mol. The number of nitrogens with zero attached hydrogens (tertiary/aromatic N) is 1. The van der Waals surface area contributed by atoms with Crippen LogP contribution in [0.1, 0.15) is 6.92 Å². The third kappa shape index (κ3) is 1.91. The molecule has 1 heterocycles. The molecule has 0 aromatic rings. The minimum Gasteiger partial charge on any atom is -0.395 e. The zero-order chi connectivity index (χ0) is 8.27. The van der Waals surface area contributed by atoms with E-state index in [1.54, 1.807) is 4.90 Å². The summed E-state index contributed by atoms with van der Waals surface area (Å²) in [4.78, 5) is 12.8. The van der Waals surface area contributed by atoms with Gasteiger partial charge < -0.3 is 15.3 Å². The SMILES string of the molecule is CCN1C[C@@H](CO)NCC1=O. The number of carbonyl (C=O) groups is 1. The Bertz CT molecular complexity index is 149. The fourth-order valence-electron chi connectivity index (χ4n) is 1.20. The standard InChI is InChI=1S/C7H14N2O2/c1-2-9-4-6(5-10)8-3-7(9)11/h6,8,10H,2-5H2,1H3/t6-/m0/s1. The summed E-state index contributed by atoms with van der Waals surface area (Å²) in [5.74, 6) is 0.122. The van der Waals surface area contributed by atoms with Gasteiger partial charge in [-0.1, -0.05) is 0 Å². The molecule has 1 atom stereocenters. The second kappa shape index (κ2) is 3.69. The largest absolute Gasteiger partial charge is 0.395 e. The highest BCUT2D eigenvalue weighted by molar-refractivity contribution is 5.79. The average Bonchev–Trinajstić information content (AvgIpc) is 2.05. The Morgan fingerprint density at radius 2 is 2.55 bits per heavy atom. The molecule has 1 saturated heterocycles. The topological polar surface area (TPSA) is 52.6 Å². The van der Waals surface area contributed by atoms with Gasteiger partial charge >= 0.3 is 0 Å². The minimum absolute atomic E-state index is 0.0626. The van der Waals surface area contributed by atoms with Crippen LogP contribution in [0.3, 0.4) is 0 Å². The summed E-state index contributed by atoms with van der Waals surface area (Å²) >= 11 is 0. The molecular formula is C7H14N2O2. The van der Waals surface area contributed by atoms with Gasteiger partial charge in [0.1, 0.15) is 0 Å². The second-order valence-electron chi connectivity index (χ2n) is 2.69. The maximum absolute atomic E-state index is 11.1. The first-order valence-corrected chi connectivity index (χ1v) is 3.90. The van der Waals surface area contributed by atoms with Gasteiger partial charge in [0.15, 0.2) is 0 Å². The zero-order valence-corrected chi connectivity index (χ0v) is 6.71. The summed E-state index contributed by atoms with van der Waals surface area (Å²) in [6, 6.07) is 0.0626. The van der Waals surface area contributed by atoms with Crippen molar-refractivity contribution in [3.63, 3.8) is 0 Å². The van der Waals surface area contributed by atoms with E-state index in [2.05, 4.69) is 5.32 Å². The number of aliphatic hydroxyl groups excluding tert-OH is 1. The fraction of sp³-hybridized carbons (Fsp3) is 0.857. The number of nitrogens with one attached hydrogen (secondary N) is 1. The molecule has 1 fully saturated rings. The van der Waals surface area contributed by atoms with Crippen LogP contribution in [0, 0.1) is 0 Å². The third-order valence-corrected chi connectivity index (χ3v) is 1.94. The van der Waals surface area contributed by atoms with Gasteiger partial charge in [0.05, 0.1) is 13.2 Å². The molecule has 0 spiro atoms. The van der Waals surface area contributed by atoms with E-state index in [0.717, 1.165) is 6.54 Å². The molecule has 0 saturated carbocycles. The lowest BCUT2D eigenvalue weighted by Crippen LogP contribution is -2.55. The van der Waals surface area contributed by atoms with Gasteiger partial charge in [-0.05, 0) is 6.92 Å². The molecule has 0 radical (unpaired) electrons. The lowest BCUT2D eigenvalue weighted by Gasteiger charge is -2.31. The Hall–Kier alpha value is -0.610. The van der Waals surface area contributed by atoms with Gasteiger partial charge in [-0.2, -0.15) is 0 Å². The van der Waals surface area contributed by atoms with Gasteiger partial charge in [0, 0.05) is 19.1 Å². The third-order valence-electron chi connectivity index (χ3n) is 1.94. The molecule has 0 unspecified atom stereocenters. The molecule has 1 aliphatic rings. The number of aliphatic hydroxyl groups is 1. The van der Waals surface area contributed by atoms with E-state index in [1.807, 2.05) is 6.92 Å². The summed E-state index contributed by atoms with van der Waals surface area (Å²) < 4.78 is 0. The molecule has 0 aromatic carbocycles. The van der Waals surface area contributed by atoms with Crippen LogP contribution < -0.4 is 5.32 Å². The summed E-state index contributed by atoms with van der Waals surface area (Å²) in [5.41, 5.74) is 0. The van der Waals surface area contributed by atoms with Crippen molar-refractivity contribution >= 4 is 5.91 Å². The van der Waals surface area contributed by atoms with Crippen LogP contribution in [-0.4, -0.2) is 48.2 Å². The summed E-state index contributed by atoms with van der Waals surface area (Å²) in [5, 5.41) is 11.7. The summed E-state index contributed by atoms with van der Waals surface area (Å²) in [6.07, 6.45) is 0. The summed E-state index contributed by atoms with van der Waals surface area (Å²) in [6.45, 7) is 3.77. The summed E-state index contributed by atoms with van der Waals surface area (Å²) in [7, 11) is 0. The number of amides is 1. The van der Waals surface area contributed by atoms with E-state index in [0.29, 0.717) is 13.1 Å². The van der Waals surface area contributed by atoms with E-state index in [4.69, 9.17) is 5.11 Å². The molecule has 0 aromatic heterocycles. The van der Waals surface area contributed by atoms with Crippen molar-refractivity contribution in [3.05, 3.63) is 0 Å².